The molecule has 0 aliphatic rings. The van der Waals surface area contributed by atoms with E-state index in [1.807, 2.05) is 66.7 Å². The van der Waals surface area contributed by atoms with Crippen molar-refractivity contribution in [2.45, 2.75) is 6.54 Å². The molecule has 0 unspecified atom stereocenters. The van der Waals surface area contributed by atoms with E-state index >= 15 is 0 Å². The highest BCUT2D eigenvalue weighted by Gasteiger charge is 2.08. The Kier molecular flexibility index (Phi) is 4.96. The lowest BCUT2D eigenvalue weighted by atomic mass is 10.1. The van der Waals surface area contributed by atoms with Gasteiger partial charge in [0.15, 0.2) is 0 Å². The molecule has 0 amide bonds. The van der Waals surface area contributed by atoms with Gasteiger partial charge in [0.05, 0.1) is 19.9 Å². The van der Waals surface area contributed by atoms with E-state index in [9.17, 15) is 0 Å². The highest BCUT2D eigenvalue weighted by atomic mass is 16.5. The maximum absolute atomic E-state index is 5.47. The van der Waals surface area contributed by atoms with Gasteiger partial charge in [-0.2, -0.15) is 0 Å². The number of rotatable bonds is 6. The molecule has 3 rings (SSSR count). The van der Waals surface area contributed by atoms with Gasteiger partial charge in [0.1, 0.15) is 5.75 Å². The monoisotopic (exact) mass is 320 g/mol. The number of hydrogen-bond donors (Lipinski definition) is 1. The zero-order chi connectivity index (χ0) is 16.8. The number of ether oxygens (including phenoxy) is 2. The summed E-state index contributed by atoms with van der Waals surface area (Å²) in [4.78, 5) is 4.63. The molecule has 0 fully saturated rings. The van der Waals surface area contributed by atoms with E-state index in [4.69, 9.17) is 9.47 Å². The Morgan fingerprint density at radius 2 is 1.58 bits per heavy atom. The van der Waals surface area contributed by atoms with Crippen LogP contribution in [0.1, 0.15) is 5.56 Å². The molecule has 0 atom stereocenters. The molecule has 0 aliphatic carbocycles. The Balaban J connectivity index is 1.79. The van der Waals surface area contributed by atoms with Gasteiger partial charge < -0.3 is 14.8 Å². The van der Waals surface area contributed by atoms with Crippen molar-refractivity contribution in [1.82, 2.24) is 4.98 Å². The van der Waals surface area contributed by atoms with Gasteiger partial charge in [0.2, 0.25) is 5.88 Å². The molecule has 1 aromatic heterocycles. The number of pyridine rings is 1. The summed E-state index contributed by atoms with van der Waals surface area (Å²) in [6.07, 6.45) is 0. The van der Waals surface area contributed by atoms with E-state index in [0.717, 1.165) is 28.3 Å². The molecule has 3 aromatic rings. The smallest absolute Gasteiger partial charge is 0.218 e. The Morgan fingerprint density at radius 1 is 0.833 bits per heavy atom. The lowest BCUT2D eigenvalue weighted by Gasteiger charge is -2.12. The van der Waals surface area contributed by atoms with Crippen LogP contribution in [-0.4, -0.2) is 19.2 Å². The Bertz CT molecular complexity index is 786. The fourth-order valence-electron chi connectivity index (χ4n) is 2.46. The van der Waals surface area contributed by atoms with Gasteiger partial charge >= 0.3 is 0 Å². The number of nitrogens with zero attached hydrogens (tertiary/aromatic N) is 1. The van der Waals surface area contributed by atoms with Gasteiger partial charge in [-0.25, -0.2) is 4.98 Å². The summed E-state index contributed by atoms with van der Waals surface area (Å²) < 4.78 is 10.7. The molecule has 0 radical (unpaired) electrons. The van der Waals surface area contributed by atoms with Crippen molar-refractivity contribution in [3.8, 4) is 22.9 Å². The normalized spacial score (nSPS) is 10.2. The van der Waals surface area contributed by atoms with E-state index in [0.29, 0.717) is 12.4 Å². The SMILES string of the molecule is COc1ccc(-c2ccc(CNc3ccccc3)c(OC)n2)cc1. The summed E-state index contributed by atoms with van der Waals surface area (Å²) in [6, 6.07) is 21.9. The lowest BCUT2D eigenvalue weighted by molar-refractivity contribution is 0.393. The van der Waals surface area contributed by atoms with Crippen LogP contribution < -0.4 is 14.8 Å². The third kappa shape index (κ3) is 3.66. The summed E-state index contributed by atoms with van der Waals surface area (Å²) in [5.41, 5.74) is 3.98. The summed E-state index contributed by atoms with van der Waals surface area (Å²) >= 11 is 0. The van der Waals surface area contributed by atoms with Gasteiger partial charge in [-0.1, -0.05) is 18.2 Å². The van der Waals surface area contributed by atoms with Crippen LogP contribution >= 0.6 is 0 Å². The van der Waals surface area contributed by atoms with Gasteiger partial charge in [0, 0.05) is 23.4 Å². The number of nitrogens with one attached hydrogen (secondary N) is 1. The fraction of sp³-hybridized carbons (Fsp3) is 0.150. The molecular formula is C20H20N2O2. The van der Waals surface area contributed by atoms with E-state index in [2.05, 4.69) is 10.3 Å². The topological polar surface area (TPSA) is 43.4 Å². The third-order valence-corrected chi connectivity index (χ3v) is 3.77. The number of benzene rings is 2. The second-order valence-corrected chi connectivity index (χ2v) is 5.31. The van der Waals surface area contributed by atoms with Crippen molar-refractivity contribution in [3.05, 3.63) is 72.3 Å². The summed E-state index contributed by atoms with van der Waals surface area (Å²) in [6.45, 7) is 0.656. The van der Waals surface area contributed by atoms with Crippen molar-refractivity contribution in [1.29, 1.82) is 0 Å². The minimum absolute atomic E-state index is 0.631. The summed E-state index contributed by atoms with van der Waals surface area (Å²) in [5.74, 6) is 1.46. The first kappa shape index (κ1) is 15.9. The van der Waals surface area contributed by atoms with Crippen LogP contribution in [0.2, 0.25) is 0 Å². The first-order chi connectivity index (χ1) is 11.8. The van der Waals surface area contributed by atoms with E-state index < -0.39 is 0 Å². The van der Waals surface area contributed by atoms with Crippen molar-refractivity contribution < 1.29 is 9.47 Å². The highest BCUT2D eigenvalue weighted by molar-refractivity contribution is 5.61. The number of hydrogen-bond acceptors (Lipinski definition) is 4. The summed E-state index contributed by atoms with van der Waals surface area (Å²) in [5, 5.41) is 3.37. The van der Waals surface area contributed by atoms with Crippen molar-refractivity contribution in [3.63, 3.8) is 0 Å². The van der Waals surface area contributed by atoms with Crippen LogP contribution in [-0.2, 0) is 6.54 Å². The van der Waals surface area contributed by atoms with E-state index in [-0.39, 0.29) is 0 Å². The molecule has 4 heteroatoms. The molecule has 0 aliphatic heterocycles. The molecular weight excluding hydrogens is 300 g/mol. The zero-order valence-electron chi connectivity index (χ0n) is 13.8. The van der Waals surface area contributed by atoms with Gasteiger partial charge in [-0.3, -0.25) is 0 Å². The van der Waals surface area contributed by atoms with Crippen LogP contribution in [0, 0.1) is 0 Å². The predicted octanol–water partition coefficient (Wildman–Crippen LogP) is 4.38. The fourth-order valence-corrected chi connectivity index (χ4v) is 2.46. The average Bonchev–Trinajstić information content (AvgIpc) is 2.67. The zero-order valence-corrected chi connectivity index (χ0v) is 13.8. The second kappa shape index (κ2) is 7.51. The average molecular weight is 320 g/mol. The van der Waals surface area contributed by atoms with Gasteiger partial charge in [-0.05, 0) is 48.5 Å². The standard InChI is InChI=1S/C20H20N2O2/c1-23-18-11-8-15(9-12-18)19-13-10-16(20(22-19)24-2)14-21-17-6-4-3-5-7-17/h3-13,21H,14H2,1-2H3. The molecule has 0 saturated carbocycles. The lowest BCUT2D eigenvalue weighted by Crippen LogP contribution is -2.03. The molecule has 1 heterocycles. The maximum atomic E-state index is 5.47. The Morgan fingerprint density at radius 3 is 2.25 bits per heavy atom. The molecule has 4 nitrogen and oxygen atoms in total. The third-order valence-electron chi connectivity index (χ3n) is 3.77. The Labute approximate surface area is 142 Å². The highest BCUT2D eigenvalue weighted by Crippen LogP contribution is 2.25. The van der Waals surface area contributed by atoms with Crippen molar-refractivity contribution in [2.75, 3.05) is 19.5 Å². The maximum Gasteiger partial charge on any atom is 0.218 e. The number of anilines is 1. The molecule has 24 heavy (non-hydrogen) atoms. The van der Waals surface area contributed by atoms with Crippen LogP contribution in [0.3, 0.4) is 0 Å². The number of aromatic nitrogens is 1. The largest absolute Gasteiger partial charge is 0.497 e. The Hall–Kier alpha value is -3.01. The van der Waals surface area contributed by atoms with Crippen molar-refractivity contribution >= 4 is 5.69 Å². The molecule has 122 valence electrons. The van der Waals surface area contributed by atoms with Gasteiger partial charge in [0.25, 0.3) is 0 Å². The van der Waals surface area contributed by atoms with Crippen LogP contribution in [0.15, 0.2) is 66.7 Å². The van der Waals surface area contributed by atoms with E-state index in [1.165, 1.54) is 0 Å². The molecule has 2 aromatic carbocycles. The number of para-hydroxylation sites is 1. The minimum atomic E-state index is 0.631. The molecule has 0 bridgehead atoms. The summed E-state index contributed by atoms with van der Waals surface area (Å²) in [7, 11) is 3.30. The predicted molar refractivity (Wildman–Crippen MR) is 96.5 cm³/mol. The number of methoxy groups -OCH3 is 2. The van der Waals surface area contributed by atoms with Gasteiger partial charge in [-0.15, -0.1) is 0 Å². The van der Waals surface area contributed by atoms with Crippen molar-refractivity contribution in [2.24, 2.45) is 0 Å². The van der Waals surface area contributed by atoms with Crippen LogP contribution in [0.4, 0.5) is 5.69 Å². The molecule has 0 saturated heterocycles. The van der Waals surface area contributed by atoms with Crippen LogP contribution in [0.25, 0.3) is 11.3 Å². The molecule has 0 spiro atoms. The minimum Gasteiger partial charge on any atom is -0.497 e. The quantitative estimate of drug-likeness (QED) is 0.732. The first-order valence-electron chi connectivity index (χ1n) is 7.77. The second-order valence-electron chi connectivity index (χ2n) is 5.31. The first-order valence-corrected chi connectivity index (χ1v) is 7.77. The van der Waals surface area contributed by atoms with E-state index in [1.54, 1.807) is 14.2 Å². The molecule has 1 N–H and O–H groups in total. The van der Waals surface area contributed by atoms with Crippen LogP contribution in [0.5, 0.6) is 11.6 Å².